The number of nitrogens with zero attached hydrogens (tertiary/aromatic N) is 1. The first-order chi connectivity index (χ1) is 8.54. The van der Waals surface area contributed by atoms with Crippen LogP contribution in [0.2, 0.25) is 5.02 Å². The Morgan fingerprint density at radius 2 is 1.95 bits per heavy atom. The van der Waals surface area contributed by atoms with Gasteiger partial charge >= 0.3 is 6.18 Å². The molecule has 0 aliphatic heterocycles. The molecule has 0 unspecified atom stereocenters. The number of benzene rings is 1. The van der Waals surface area contributed by atoms with Crippen LogP contribution in [0.4, 0.5) is 13.2 Å². The first-order valence-corrected chi connectivity index (χ1v) is 7.63. The average molecular weight is 381 g/mol. The summed E-state index contributed by atoms with van der Waals surface area (Å²) in [7, 11) is -2.86. The van der Waals surface area contributed by atoms with Crippen LogP contribution in [0.15, 0.2) is 27.6 Å². The van der Waals surface area contributed by atoms with Gasteiger partial charge in [0.25, 0.3) is 0 Å². The fourth-order valence-corrected chi connectivity index (χ4v) is 3.07. The molecule has 0 aliphatic carbocycles. The van der Waals surface area contributed by atoms with Gasteiger partial charge in [0.15, 0.2) is 0 Å². The van der Waals surface area contributed by atoms with Crippen molar-refractivity contribution in [3.05, 3.63) is 27.7 Å². The number of sulfonamides is 1. The van der Waals surface area contributed by atoms with Crippen LogP contribution in [0.25, 0.3) is 0 Å². The molecule has 1 rings (SSSR count). The minimum atomic E-state index is -4.40. The standard InChI is InChI=1S/C10H10BrClF3NO2S/c1-16(5-4-10(13,14)15)19(17,18)7-2-3-9(12)8(11)6-7/h2-3,6H,4-5H2,1H3. The van der Waals surface area contributed by atoms with E-state index in [-0.39, 0.29) is 4.90 Å². The summed E-state index contributed by atoms with van der Waals surface area (Å²) >= 11 is 8.79. The van der Waals surface area contributed by atoms with E-state index >= 15 is 0 Å². The van der Waals surface area contributed by atoms with E-state index in [2.05, 4.69) is 15.9 Å². The third kappa shape index (κ3) is 4.62. The third-order valence-corrected chi connectivity index (χ3v) is 5.38. The van der Waals surface area contributed by atoms with Crippen LogP contribution in [0.5, 0.6) is 0 Å². The van der Waals surface area contributed by atoms with Gasteiger partial charge < -0.3 is 0 Å². The van der Waals surface area contributed by atoms with Crippen molar-refractivity contribution in [2.75, 3.05) is 13.6 Å². The average Bonchev–Trinajstić information content (AvgIpc) is 2.28. The lowest BCUT2D eigenvalue weighted by molar-refractivity contribution is -0.135. The Labute approximate surface area is 122 Å². The lowest BCUT2D eigenvalue weighted by atomic mass is 10.4. The highest BCUT2D eigenvalue weighted by atomic mass is 79.9. The Morgan fingerprint density at radius 3 is 2.42 bits per heavy atom. The lowest BCUT2D eigenvalue weighted by Crippen LogP contribution is -2.30. The van der Waals surface area contributed by atoms with Gasteiger partial charge in [-0.05, 0) is 34.1 Å². The summed E-state index contributed by atoms with van der Waals surface area (Å²) in [5, 5.41) is 0.317. The Balaban J connectivity index is 2.94. The molecule has 0 heterocycles. The fourth-order valence-electron chi connectivity index (χ4n) is 1.22. The first-order valence-electron chi connectivity index (χ1n) is 5.02. The summed E-state index contributed by atoms with van der Waals surface area (Å²) in [6.07, 6.45) is -5.60. The maximum absolute atomic E-state index is 12.1. The molecule has 0 spiro atoms. The molecular weight excluding hydrogens is 371 g/mol. The first kappa shape index (κ1) is 16.7. The molecule has 1 aromatic carbocycles. The van der Waals surface area contributed by atoms with Gasteiger partial charge in [-0.1, -0.05) is 11.6 Å². The molecule has 0 saturated heterocycles. The highest BCUT2D eigenvalue weighted by Crippen LogP contribution is 2.27. The molecule has 0 fully saturated rings. The van der Waals surface area contributed by atoms with E-state index in [1.807, 2.05) is 0 Å². The molecule has 0 aromatic heterocycles. The Bertz CT molecular complexity index is 562. The van der Waals surface area contributed by atoms with Crippen molar-refractivity contribution in [1.82, 2.24) is 4.31 Å². The van der Waals surface area contributed by atoms with Crippen LogP contribution < -0.4 is 0 Å². The largest absolute Gasteiger partial charge is 0.390 e. The Hall–Kier alpha value is -0.310. The smallest absolute Gasteiger partial charge is 0.207 e. The van der Waals surface area contributed by atoms with Gasteiger partial charge in [0.2, 0.25) is 10.0 Å². The van der Waals surface area contributed by atoms with E-state index in [1.165, 1.54) is 18.2 Å². The molecule has 0 radical (unpaired) electrons. The maximum atomic E-state index is 12.1. The fraction of sp³-hybridized carbons (Fsp3) is 0.400. The van der Waals surface area contributed by atoms with E-state index in [1.54, 1.807) is 0 Å². The zero-order chi connectivity index (χ0) is 14.8. The highest BCUT2D eigenvalue weighted by molar-refractivity contribution is 9.10. The van der Waals surface area contributed by atoms with E-state index in [4.69, 9.17) is 11.6 Å². The van der Waals surface area contributed by atoms with Gasteiger partial charge in [-0.2, -0.15) is 13.2 Å². The number of hydrogen-bond donors (Lipinski definition) is 0. The maximum Gasteiger partial charge on any atom is 0.390 e. The van der Waals surface area contributed by atoms with Crippen LogP contribution >= 0.6 is 27.5 Å². The molecule has 0 amide bonds. The van der Waals surface area contributed by atoms with E-state index in [0.717, 1.165) is 7.05 Å². The zero-order valence-corrected chi connectivity index (χ0v) is 12.9. The van der Waals surface area contributed by atoms with Crippen molar-refractivity contribution in [3.63, 3.8) is 0 Å². The van der Waals surface area contributed by atoms with E-state index in [9.17, 15) is 21.6 Å². The molecule has 0 bridgehead atoms. The van der Waals surface area contributed by atoms with Gasteiger partial charge in [-0.25, -0.2) is 12.7 Å². The van der Waals surface area contributed by atoms with Crippen LogP contribution in [-0.2, 0) is 10.0 Å². The van der Waals surface area contributed by atoms with Crippen LogP contribution in [0.3, 0.4) is 0 Å². The van der Waals surface area contributed by atoms with Gasteiger partial charge in [-0.15, -0.1) is 0 Å². The molecule has 19 heavy (non-hydrogen) atoms. The summed E-state index contributed by atoms with van der Waals surface area (Å²) in [6.45, 7) is -0.633. The number of alkyl halides is 3. The molecule has 0 N–H and O–H groups in total. The van der Waals surface area contributed by atoms with Crippen molar-refractivity contribution in [2.24, 2.45) is 0 Å². The molecule has 108 valence electrons. The molecule has 0 aliphatic rings. The highest BCUT2D eigenvalue weighted by Gasteiger charge is 2.30. The monoisotopic (exact) mass is 379 g/mol. The van der Waals surface area contributed by atoms with Gasteiger partial charge in [-0.3, -0.25) is 0 Å². The molecule has 0 atom stereocenters. The SMILES string of the molecule is CN(CCC(F)(F)F)S(=O)(=O)c1ccc(Cl)c(Br)c1. The van der Waals surface area contributed by atoms with E-state index in [0.29, 0.717) is 13.8 Å². The van der Waals surface area contributed by atoms with Gasteiger partial charge in [0, 0.05) is 18.1 Å². The van der Waals surface area contributed by atoms with Gasteiger partial charge in [0.05, 0.1) is 16.3 Å². The lowest BCUT2D eigenvalue weighted by Gasteiger charge is -2.18. The van der Waals surface area contributed by atoms with Gasteiger partial charge in [0.1, 0.15) is 0 Å². The minimum absolute atomic E-state index is 0.117. The van der Waals surface area contributed by atoms with Crippen LogP contribution in [0, 0.1) is 0 Å². The quantitative estimate of drug-likeness (QED) is 0.799. The van der Waals surface area contributed by atoms with Crippen molar-refractivity contribution in [2.45, 2.75) is 17.5 Å². The summed E-state index contributed by atoms with van der Waals surface area (Å²) < 4.78 is 61.3. The number of rotatable bonds is 4. The molecular formula is C10H10BrClF3NO2S. The number of hydrogen-bond acceptors (Lipinski definition) is 2. The molecule has 1 aromatic rings. The number of halogens is 5. The second-order valence-electron chi connectivity index (χ2n) is 3.77. The second kappa shape index (κ2) is 5.99. The van der Waals surface area contributed by atoms with Crippen molar-refractivity contribution < 1.29 is 21.6 Å². The van der Waals surface area contributed by atoms with Crippen LogP contribution in [-0.4, -0.2) is 32.5 Å². The summed E-state index contributed by atoms with van der Waals surface area (Å²) in [6, 6.07) is 3.85. The summed E-state index contributed by atoms with van der Waals surface area (Å²) in [5.41, 5.74) is 0. The minimum Gasteiger partial charge on any atom is -0.207 e. The summed E-state index contributed by atoms with van der Waals surface area (Å²) in [4.78, 5) is -0.117. The van der Waals surface area contributed by atoms with Crippen molar-refractivity contribution in [3.8, 4) is 0 Å². The molecule has 9 heteroatoms. The van der Waals surface area contributed by atoms with Crippen molar-refractivity contribution >= 4 is 37.6 Å². The van der Waals surface area contributed by atoms with Crippen molar-refractivity contribution in [1.29, 1.82) is 0 Å². The summed E-state index contributed by atoms with van der Waals surface area (Å²) in [5.74, 6) is 0. The van der Waals surface area contributed by atoms with Crippen LogP contribution in [0.1, 0.15) is 6.42 Å². The zero-order valence-electron chi connectivity index (χ0n) is 9.71. The second-order valence-corrected chi connectivity index (χ2v) is 7.07. The van der Waals surface area contributed by atoms with E-state index < -0.39 is 29.2 Å². The molecule has 3 nitrogen and oxygen atoms in total. The predicted octanol–water partition coefficient (Wildman–Crippen LogP) is 3.68. The Morgan fingerprint density at radius 1 is 1.37 bits per heavy atom. The normalized spacial score (nSPS) is 13.0. The molecule has 0 saturated carbocycles. The predicted molar refractivity (Wildman–Crippen MR) is 69.6 cm³/mol. The topological polar surface area (TPSA) is 37.4 Å². The third-order valence-electron chi connectivity index (χ3n) is 2.31. The Kier molecular flexibility index (Phi) is 5.28.